The van der Waals surface area contributed by atoms with E-state index in [2.05, 4.69) is 16.0 Å². The first-order valence-electron chi connectivity index (χ1n) is 2.20. The second kappa shape index (κ2) is 1.97. The van der Waals surface area contributed by atoms with Crippen molar-refractivity contribution in [2.75, 3.05) is 0 Å². The van der Waals surface area contributed by atoms with E-state index in [-0.39, 0.29) is 5.41 Å². The molecule has 0 saturated heterocycles. The van der Waals surface area contributed by atoms with Gasteiger partial charge in [-0.15, -0.1) is 0 Å². The van der Waals surface area contributed by atoms with Crippen LogP contribution in [0.3, 0.4) is 0 Å². The molecule has 0 aromatic rings. The minimum absolute atomic E-state index is 0.0278. The average molecular weight is 163 g/mol. The number of rotatable bonds is 0. The third kappa shape index (κ3) is 2.84. The second-order valence-corrected chi connectivity index (χ2v) is 3.44. The van der Waals surface area contributed by atoms with Gasteiger partial charge in [0.2, 0.25) is 0 Å². The first-order chi connectivity index (χ1) is 2.94. The Kier molecular flexibility index (Phi) is 2.03. The molecule has 0 amide bonds. The SMILES string of the molecule is CC(C)(C)C(=N)[Se]. The molecule has 41 valence electrons. The molecule has 0 saturated carbocycles. The molecule has 0 aromatic carbocycles. The molecule has 1 N–H and O–H groups in total. The van der Waals surface area contributed by atoms with Crippen molar-refractivity contribution in [3.8, 4) is 0 Å². The summed E-state index contributed by atoms with van der Waals surface area (Å²) in [5, 5.41) is 7.09. The Balaban J connectivity index is 3.79. The summed E-state index contributed by atoms with van der Waals surface area (Å²) in [4.78, 5) is 0. The monoisotopic (exact) mass is 164 g/mol. The molecule has 1 radical (unpaired) electrons. The summed E-state index contributed by atoms with van der Waals surface area (Å²) in [6.07, 6.45) is 0. The van der Waals surface area contributed by atoms with Crippen molar-refractivity contribution in [2.24, 2.45) is 5.41 Å². The Morgan fingerprint density at radius 2 is 1.57 bits per heavy atom. The van der Waals surface area contributed by atoms with Gasteiger partial charge in [-0.3, -0.25) is 0 Å². The molecule has 0 atom stereocenters. The third-order valence-electron chi connectivity index (χ3n) is 0.681. The van der Waals surface area contributed by atoms with Crippen LogP contribution in [0.1, 0.15) is 20.8 Å². The van der Waals surface area contributed by atoms with Crippen molar-refractivity contribution in [1.29, 1.82) is 5.41 Å². The number of hydrogen-bond acceptors (Lipinski definition) is 1. The van der Waals surface area contributed by atoms with Crippen LogP contribution < -0.4 is 0 Å². The summed E-state index contributed by atoms with van der Waals surface area (Å²) in [7, 11) is 0. The van der Waals surface area contributed by atoms with Crippen LogP contribution in [0.4, 0.5) is 0 Å². The Morgan fingerprint density at radius 1 is 1.43 bits per heavy atom. The normalized spacial score (nSPS) is 11.3. The Labute approximate surface area is 52.8 Å². The van der Waals surface area contributed by atoms with Gasteiger partial charge in [-0.2, -0.15) is 0 Å². The first-order valence-corrected chi connectivity index (χ1v) is 3.06. The van der Waals surface area contributed by atoms with Crippen LogP contribution in [0.5, 0.6) is 0 Å². The molecule has 7 heavy (non-hydrogen) atoms. The molecule has 0 unspecified atom stereocenters. The fourth-order valence-electron chi connectivity index (χ4n) is 0. The molecule has 1 nitrogen and oxygen atoms in total. The Bertz CT molecular complexity index is 80.6. The number of nitrogens with one attached hydrogen (secondary N) is 1. The maximum atomic E-state index is 7.09. The fraction of sp³-hybridized carbons (Fsp3) is 0.800. The van der Waals surface area contributed by atoms with Crippen LogP contribution in [0.25, 0.3) is 0 Å². The molecule has 0 bridgehead atoms. The van der Waals surface area contributed by atoms with Crippen LogP contribution in [0, 0.1) is 10.8 Å². The predicted octanol–water partition coefficient (Wildman–Crippen LogP) is 1.18. The van der Waals surface area contributed by atoms with E-state index >= 15 is 0 Å². The van der Waals surface area contributed by atoms with Crippen molar-refractivity contribution in [3.05, 3.63) is 0 Å². The fourth-order valence-corrected chi connectivity index (χ4v) is 0. The molecule has 0 aliphatic heterocycles. The molecule has 2 heteroatoms. The molecule has 0 fully saturated rings. The second-order valence-electron chi connectivity index (χ2n) is 2.58. The summed E-state index contributed by atoms with van der Waals surface area (Å²) < 4.78 is 0.618. The quantitative estimate of drug-likeness (QED) is 0.409. The van der Waals surface area contributed by atoms with E-state index in [0.717, 1.165) is 0 Å². The van der Waals surface area contributed by atoms with E-state index < -0.39 is 0 Å². The minimum atomic E-state index is 0.0278. The van der Waals surface area contributed by atoms with Crippen LogP contribution in [0.2, 0.25) is 0 Å². The molecule has 0 aliphatic carbocycles. The first kappa shape index (κ1) is 7.19. The van der Waals surface area contributed by atoms with Gasteiger partial charge in [-0.25, -0.2) is 0 Å². The topological polar surface area (TPSA) is 23.9 Å². The van der Waals surface area contributed by atoms with Gasteiger partial charge in [-0.05, 0) is 0 Å². The van der Waals surface area contributed by atoms with E-state index in [0.29, 0.717) is 4.61 Å². The molecule has 0 aliphatic rings. The van der Waals surface area contributed by atoms with Crippen molar-refractivity contribution in [1.82, 2.24) is 0 Å². The Hall–Kier alpha value is 0.189. The van der Waals surface area contributed by atoms with Gasteiger partial charge in [0.05, 0.1) is 0 Å². The van der Waals surface area contributed by atoms with Crippen LogP contribution in [-0.2, 0) is 0 Å². The molecular formula is C5H10NSe. The molecule has 0 spiro atoms. The van der Waals surface area contributed by atoms with Gasteiger partial charge >= 0.3 is 52.2 Å². The molecule has 0 rings (SSSR count). The predicted molar refractivity (Wildman–Crippen MR) is 32.9 cm³/mol. The molecule has 0 heterocycles. The summed E-state index contributed by atoms with van der Waals surface area (Å²) in [6.45, 7) is 6.02. The van der Waals surface area contributed by atoms with E-state index in [1.807, 2.05) is 20.8 Å². The summed E-state index contributed by atoms with van der Waals surface area (Å²) in [5.41, 5.74) is 0.0278. The van der Waals surface area contributed by atoms with Crippen molar-refractivity contribution in [2.45, 2.75) is 20.8 Å². The van der Waals surface area contributed by atoms with Crippen LogP contribution in [0.15, 0.2) is 0 Å². The zero-order valence-corrected chi connectivity index (χ0v) is 6.62. The van der Waals surface area contributed by atoms with Crippen molar-refractivity contribution >= 4 is 20.6 Å². The third-order valence-corrected chi connectivity index (χ3v) is 1.97. The van der Waals surface area contributed by atoms with E-state index in [4.69, 9.17) is 5.41 Å². The van der Waals surface area contributed by atoms with E-state index in [9.17, 15) is 0 Å². The molecule has 0 aromatic heterocycles. The summed E-state index contributed by atoms with van der Waals surface area (Å²) >= 11 is 2.66. The van der Waals surface area contributed by atoms with Crippen LogP contribution >= 0.6 is 0 Å². The van der Waals surface area contributed by atoms with Gasteiger partial charge in [-0.1, -0.05) is 0 Å². The van der Waals surface area contributed by atoms with Gasteiger partial charge in [0.1, 0.15) is 0 Å². The standard InChI is InChI=1S/C5H10NSe/c1-5(2,3)4(6)7/h6H,1-3H3. The van der Waals surface area contributed by atoms with Crippen molar-refractivity contribution < 1.29 is 0 Å². The summed E-state index contributed by atoms with van der Waals surface area (Å²) in [5.74, 6) is 0. The molecular weight excluding hydrogens is 153 g/mol. The van der Waals surface area contributed by atoms with Crippen LogP contribution in [-0.4, -0.2) is 20.6 Å². The number of hydrogen-bond donors (Lipinski definition) is 1. The van der Waals surface area contributed by atoms with Gasteiger partial charge in [0.25, 0.3) is 0 Å². The van der Waals surface area contributed by atoms with E-state index in [1.165, 1.54) is 0 Å². The average Bonchev–Trinajstić information content (AvgIpc) is 1.31. The van der Waals surface area contributed by atoms with E-state index in [1.54, 1.807) is 0 Å². The zero-order valence-electron chi connectivity index (χ0n) is 4.91. The Morgan fingerprint density at radius 3 is 1.57 bits per heavy atom. The summed E-state index contributed by atoms with van der Waals surface area (Å²) in [6, 6.07) is 0. The van der Waals surface area contributed by atoms with Gasteiger partial charge in [0, 0.05) is 0 Å². The zero-order chi connectivity index (χ0) is 6.08. The maximum absolute atomic E-state index is 7.09. The van der Waals surface area contributed by atoms with Crippen molar-refractivity contribution in [3.63, 3.8) is 0 Å². The van der Waals surface area contributed by atoms with Gasteiger partial charge < -0.3 is 0 Å². The van der Waals surface area contributed by atoms with Gasteiger partial charge in [0.15, 0.2) is 0 Å².